The molecule has 2 aromatic carbocycles. The fourth-order valence-corrected chi connectivity index (χ4v) is 2.13. The Balaban J connectivity index is 2.52. The van der Waals surface area contributed by atoms with Crippen molar-refractivity contribution in [2.75, 3.05) is 5.32 Å². The molecule has 4 nitrogen and oxygen atoms in total. The van der Waals surface area contributed by atoms with Crippen molar-refractivity contribution in [3.63, 3.8) is 0 Å². The lowest BCUT2D eigenvalue weighted by molar-refractivity contribution is -0.132. The number of carbonyl (C=O) groups is 2. The van der Waals surface area contributed by atoms with Crippen molar-refractivity contribution < 1.29 is 41.0 Å². The highest BCUT2D eigenvalue weighted by Gasteiger charge is 2.30. The summed E-state index contributed by atoms with van der Waals surface area (Å²) in [6, 6.07) is 2.18. The minimum atomic E-state index is -2.29. The van der Waals surface area contributed by atoms with Crippen molar-refractivity contribution in [1.29, 1.82) is 0 Å². The van der Waals surface area contributed by atoms with E-state index >= 15 is 0 Å². The Morgan fingerprint density at radius 3 is 2.11 bits per heavy atom. The van der Waals surface area contributed by atoms with E-state index in [-0.39, 0.29) is 0 Å². The van der Waals surface area contributed by atoms with Crippen LogP contribution in [0.4, 0.5) is 32.0 Å². The Morgan fingerprint density at radius 2 is 1.56 bits per heavy atom. The number of aliphatic carboxylic acids is 1. The Morgan fingerprint density at radius 1 is 0.963 bits per heavy atom. The summed E-state index contributed by atoms with van der Waals surface area (Å²) in [5.41, 5.74) is -3.94. The SMILES string of the molecule is Cc1c(F)c(F)c(F)c(F)c1C(=O)C(=CNc1ccc(F)cc1F)C(=O)O. The smallest absolute Gasteiger partial charge is 0.341 e. The van der Waals surface area contributed by atoms with Crippen molar-refractivity contribution in [3.8, 4) is 0 Å². The molecule has 10 heteroatoms. The van der Waals surface area contributed by atoms with E-state index in [1.807, 2.05) is 0 Å². The lowest BCUT2D eigenvalue weighted by Crippen LogP contribution is -2.19. The third-order valence-corrected chi connectivity index (χ3v) is 3.51. The molecule has 0 unspecified atom stereocenters. The first-order chi connectivity index (χ1) is 12.6. The molecule has 0 heterocycles. The second kappa shape index (κ2) is 7.52. The van der Waals surface area contributed by atoms with E-state index < -0.39 is 69.0 Å². The maximum atomic E-state index is 13.9. The number of carboxylic acid groups (broad SMARTS) is 1. The van der Waals surface area contributed by atoms with Gasteiger partial charge in [0.05, 0.1) is 11.3 Å². The molecule has 2 N–H and O–H groups in total. The van der Waals surface area contributed by atoms with Gasteiger partial charge in [-0.15, -0.1) is 0 Å². The van der Waals surface area contributed by atoms with E-state index in [1.54, 1.807) is 0 Å². The number of nitrogens with one attached hydrogen (secondary N) is 1. The molecule has 0 fully saturated rings. The number of hydrogen-bond acceptors (Lipinski definition) is 3. The molecule has 2 aromatic rings. The molecular formula is C17H9F6NO3. The molecule has 0 radical (unpaired) electrons. The minimum Gasteiger partial charge on any atom is -0.477 e. The van der Waals surface area contributed by atoms with Crippen LogP contribution in [0, 0.1) is 41.8 Å². The molecule has 0 aliphatic carbocycles. The molecule has 0 amide bonds. The maximum Gasteiger partial charge on any atom is 0.341 e. The number of ketones is 1. The summed E-state index contributed by atoms with van der Waals surface area (Å²) in [6.45, 7) is 0.751. The quantitative estimate of drug-likeness (QED) is 0.154. The number of carboxylic acids is 1. The van der Waals surface area contributed by atoms with Crippen molar-refractivity contribution in [3.05, 3.63) is 76.0 Å². The fraction of sp³-hybridized carbons (Fsp3) is 0.0588. The first kappa shape index (κ1) is 20.0. The summed E-state index contributed by atoms with van der Waals surface area (Å²) >= 11 is 0. The molecule has 0 bridgehead atoms. The minimum absolute atomic E-state index is 0.430. The Hall–Kier alpha value is -3.30. The van der Waals surface area contributed by atoms with Crippen molar-refractivity contribution in [1.82, 2.24) is 0 Å². The van der Waals surface area contributed by atoms with Crippen molar-refractivity contribution >= 4 is 17.4 Å². The highest BCUT2D eigenvalue weighted by molar-refractivity contribution is 6.24. The van der Waals surface area contributed by atoms with E-state index in [9.17, 15) is 35.9 Å². The van der Waals surface area contributed by atoms with Crippen LogP contribution >= 0.6 is 0 Å². The summed E-state index contributed by atoms with van der Waals surface area (Å²) in [5, 5.41) is 11.2. The van der Waals surface area contributed by atoms with Crippen LogP contribution in [0.1, 0.15) is 15.9 Å². The maximum absolute atomic E-state index is 13.9. The molecular weight excluding hydrogens is 380 g/mol. The van der Waals surface area contributed by atoms with Crippen LogP contribution in [0.5, 0.6) is 0 Å². The van der Waals surface area contributed by atoms with E-state index in [4.69, 9.17) is 5.11 Å². The Kier molecular flexibility index (Phi) is 5.58. The van der Waals surface area contributed by atoms with Crippen LogP contribution in [0.15, 0.2) is 30.0 Å². The summed E-state index contributed by atoms with van der Waals surface area (Å²) in [7, 11) is 0. The first-order valence-corrected chi connectivity index (χ1v) is 7.08. The van der Waals surface area contributed by atoms with E-state index in [2.05, 4.69) is 5.32 Å². The van der Waals surface area contributed by atoms with Gasteiger partial charge in [0.1, 0.15) is 17.2 Å². The average molecular weight is 389 g/mol. The van der Waals surface area contributed by atoms with Gasteiger partial charge in [-0.2, -0.15) is 0 Å². The summed E-state index contributed by atoms with van der Waals surface area (Å²) in [5.74, 6) is -14.1. The number of halogens is 6. The van der Waals surface area contributed by atoms with E-state index in [1.165, 1.54) is 0 Å². The van der Waals surface area contributed by atoms with Gasteiger partial charge >= 0.3 is 5.97 Å². The number of Topliss-reactive ketones (excluding diaryl/α,β-unsaturated/α-hetero) is 1. The lowest BCUT2D eigenvalue weighted by atomic mass is 9.97. The predicted molar refractivity (Wildman–Crippen MR) is 81.0 cm³/mol. The van der Waals surface area contributed by atoms with Crippen LogP contribution < -0.4 is 5.32 Å². The first-order valence-electron chi connectivity index (χ1n) is 7.08. The van der Waals surface area contributed by atoms with Gasteiger partial charge in [-0.1, -0.05) is 0 Å². The zero-order chi connectivity index (χ0) is 20.5. The number of hydrogen-bond donors (Lipinski definition) is 2. The third kappa shape index (κ3) is 3.78. The zero-order valence-corrected chi connectivity index (χ0v) is 13.3. The van der Waals surface area contributed by atoms with Crippen LogP contribution in [-0.2, 0) is 4.79 Å². The standard InChI is InChI=1S/C17H9F6NO3/c1-6-11(13(21)15(23)14(22)12(6)20)16(25)8(17(26)27)5-24-10-3-2-7(18)4-9(10)19/h2-5,24H,1H3,(H,26,27). The second-order valence-electron chi connectivity index (χ2n) is 5.22. The number of carbonyl (C=O) groups excluding carboxylic acids is 1. The van der Waals surface area contributed by atoms with Crippen LogP contribution in [0.2, 0.25) is 0 Å². The van der Waals surface area contributed by atoms with Gasteiger partial charge in [0.2, 0.25) is 5.78 Å². The molecule has 2 rings (SSSR count). The fourth-order valence-electron chi connectivity index (χ4n) is 2.13. The monoisotopic (exact) mass is 389 g/mol. The van der Waals surface area contributed by atoms with Gasteiger partial charge in [0.15, 0.2) is 23.3 Å². The molecule has 0 saturated carbocycles. The van der Waals surface area contributed by atoms with Crippen molar-refractivity contribution in [2.45, 2.75) is 6.92 Å². The lowest BCUT2D eigenvalue weighted by Gasteiger charge is -2.11. The number of anilines is 1. The zero-order valence-electron chi connectivity index (χ0n) is 13.3. The largest absolute Gasteiger partial charge is 0.477 e. The second-order valence-corrected chi connectivity index (χ2v) is 5.22. The molecule has 0 saturated heterocycles. The predicted octanol–water partition coefficient (Wildman–Crippen LogP) is 4.09. The third-order valence-electron chi connectivity index (χ3n) is 3.51. The molecule has 0 aliphatic rings. The molecule has 142 valence electrons. The summed E-state index contributed by atoms with van der Waals surface area (Å²) in [6.07, 6.45) is 0.430. The van der Waals surface area contributed by atoms with Crippen molar-refractivity contribution in [2.24, 2.45) is 0 Å². The molecule has 27 heavy (non-hydrogen) atoms. The van der Waals surface area contributed by atoms with Gasteiger partial charge in [0.25, 0.3) is 0 Å². The van der Waals surface area contributed by atoms with Gasteiger partial charge in [0, 0.05) is 17.8 Å². The normalized spacial score (nSPS) is 11.4. The summed E-state index contributed by atoms with van der Waals surface area (Å²) in [4.78, 5) is 23.5. The Bertz CT molecular complexity index is 958. The molecule has 0 aliphatic heterocycles. The molecule has 0 atom stereocenters. The number of benzene rings is 2. The molecule has 0 aromatic heterocycles. The van der Waals surface area contributed by atoms with Gasteiger partial charge in [-0.25, -0.2) is 31.1 Å². The molecule has 0 spiro atoms. The van der Waals surface area contributed by atoms with Crippen LogP contribution in [0.3, 0.4) is 0 Å². The van der Waals surface area contributed by atoms with Gasteiger partial charge in [-0.3, -0.25) is 4.79 Å². The highest BCUT2D eigenvalue weighted by atomic mass is 19.2. The summed E-state index contributed by atoms with van der Waals surface area (Å²) < 4.78 is 80.5. The topological polar surface area (TPSA) is 66.4 Å². The Labute approximate surface area is 147 Å². The van der Waals surface area contributed by atoms with E-state index in [0.29, 0.717) is 12.3 Å². The van der Waals surface area contributed by atoms with Crippen LogP contribution in [-0.4, -0.2) is 16.9 Å². The van der Waals surface area contributed by atoms with Gasteiger partial charge in [-0.05, 0) is 19.1 Å². The number of rotatable bonds is 5. The van der Waals surface area contributed by atoms with Gasteiger partial charge < -0.3 is 10.4 Å². The average Bonchev–Trinajstić information content (AvgIpc) is 2.60. The highest BCUT2D eigenvalue weighted by Crippen LogP contribution is 2.26. The van der Waals surface area contributed by atoms with Crippen LogP contribution in [0.25, 0.3) is 0 Å². The van der Waals surface area contributed by atoms with E-state index in [0.717, 1.165) is 19.1 Å².